The number of amides is 1. The third-order valence-electron chi connectivity index (χ3n) is 3.75. The molecule has 0 saturated carbocycles. The second kappa shape index (κ2) is 5.15. The van der Waals surface area contributed by atoms with Crippen molar-refractivity contribution in [3.63, 3.8) is 0 Å². The number of nitrogens with two attached hydrogens (primary N) is 1. The molecule has 0 aromatic heterocycles. The smallest absolute Gasteiger partial charge is 0.254 e. The molecule has 1 aromatic rings. The van der Waals surface area contributed by atoms with Crippen molar-refractivity contribution >= 4 is 11.6 Å². The van der Waals surface area contributed by atoms with Crippen LogP contribution >= 0.6 is 0 Å². The first kappa shape index (κ1) is 13.8. The summed E-state index contributed by atoms with van der Waals surface area (Å²) in [5.74, 6) is -2.11. The number of piperidine rings is 1. The Labute approximate surface area is 111 Å². The van der Waals surface area contributed by atoms with E-state index in [-0.39, 0.29) is 23.6 Å². The minimum absolute atomic E-state index is 0.0183. The fourth-order valence-corrected chi connectivity index (χ4v) is 2.68. The van der Waals surface area contributed by atoms with Crippen LogP contribution in [-0.2, 0) is 0 Å². The van der Waals surface area contributed by atoms with Gasteiger partial charge < -0.3 is 10.6 Å². The first-order chi connectivity index (χ1) is 8.91. The molecule has 0 unspecified atom stereocenters. The second-order valence-electron chi connectivity index (χ2n) is 5.19. The quantitative estimate of drug-likeness (QED) is 0.796. The Morgan fingerprint density at radius 3 is 2.16 bits per heavy atom. The zero-order valence-electron chi connectivity index (χ0n) is 11.1. The van der Waals surface area contributed by atoms with Crippen LogP contribution in [0.1, 0.15) is 43.5 Å². The highest BCUT2D eigenvalue weighted by Crippen LogP contribution is 2.26. The highest BCUT2D eigenvalue weighted by molar-refractivity contribution is 5.95. The summed E-state index contributed by atoms with van der Waals surface area (Å²) in [7, 11) is 0. The van der Waals surface area contributed by atoms with Crippen LogP contribution in [-0.4, -0.2) is 22.9 Å². The number of likely N-dealkylation sites (tertiary alicyclic amines) is 1. The van der Waals surface area contributed by atoms with Crippen molar-refractivity contribution in [1.29, 1.82) is 0 Å². The van der Waals surface area contributed by atoms with Crippen LogP contribution in [0.25, 0.3) is 0 Å². The number of carbonyl (C=O) groups is 1. The SMILES string of the molecule is C[C@@H]1CCC[C@H](C)N1C(=O)c1cc(F)c(N)c(F)c1. The number of halogens is 2. The van der Waals surface area contributed by atoms with E-state index in [1.165, 1.54) is 0 Å². The lowest BCUT2D eigenvalue weighted by atomic mass is 9.96. The van der Waals surface area contributed by atoms with Crippen molar-refractivity contribution in [2.75, 3.05) is 5.73 Å². The lowest BCUT2D eigenvalue weighted by molar-refractivity contribution is 0.0510. The van der Waals surface area contributed by atoms with Gasteiger partial charge in [0.2, 0.25) is 0 Å². The van der Waals surface area contributed by atoms with Crippen LogP contribution in [0, 0.1) is 11.6 Å². The summed E-state index contributed by atoms with van der Waals surface area (Å²) in [5, 5.41) is 0. The number of nitrogens with zero attached hydrogens (tertiary/aromatic N) is 1. The molecule has 0 spiro atoms. The Balaban J connectivity index is 2.33. The molecule has 1 amide bonds. The van der Waals surface area contributed by atoms with Crippen LogP contribution in [0.5, 0.6) is 0 Å². The molecule has 2 rings (SSSR count). The fraction of sp³-hybridized carbons (Fsp3) is 0.500. The lowest BCUT2D eigenvalue weighted by Gasteiger charge is -2.39. The van der Waals surface area contributed by atoms with E-state index in [2.05, 4.69) is 0 Å². The molecule has 0 bridgehead atoms. The summed E-state index contributed by atoms with van der Waals surface area (Å²) in [6, 6.07) is 2.18. The van der Waals surface area contributed by atoms with E-state index in [4.69, 9.17) is 5.73 Å². The van der Waals surface area contributed by atoms with Crippen molar-refractivity contribution < 1.29 is 13.6 Å². The van der Waals surface area contributed by atoms with Crippen molar-refractivity contribution in [3.8, 4) is 0 Å². The Bertz CT molecular complexity index is 471. The van der Waals surface area contributed by atoms with E-state index in [1.807, 2.05) is 13.8 Å². The van der Waals surface area contributed by atoms with Gasteiger partial charge in [-0.15, -0.1) is 0 Å². The molecule has 1 heterocycles. The molecule has 1 aromatic carbocycles. The molecule has 2 atom stereocenters. The van der Waals surface area contributed by atoms with E-state index in [0.29, 0.717) is 0 Å². The molecule has 5 heteroatoms. The van der Waals surface area contributed by atoms with Crippen molar-refractivity contribution in [2.45, 2.75) is 45.2 Å². The summed E-state index contributed by atoms with van der Waals surface area (Å²) >= 11 is 0. The van der Waals surface area contributed by atoms with E-state index in [9.17, 15) is 13.6 Å². The van der Waals surface area contributed by atoms with Crippen molar-refractivity contribution in [1.82, 2.24) is 4.90 Å². The maximum absolute atomic E-state index is 13.4. The summed E-state index contributed by atoms with van der Waals surface area (Å²) in [5.41, 5.74) is 4.68. The predicted molar refractivity (Wildman–Crippen MR) is 69.7 cm³/mol. The van der Waals surface area contributed by atoms with E-state index in [1.54, 1.807) is 4.90 Å². The van der Waals surface area contributed by atoms with Gasteiger partial charge in [-0.1, -0.05) is 0 Å². The summed E-state index contributed by atoms with van der Waals surface area (Å²) in [4.78, 5) is 14.1. The largest absolute Gasteiger partial charge is 0.394 e. The Morgan fingerprint density at radius 1 is 1.21 bits per heavy atom. The molecule has 0 aliphatic carbocycles. The van der Waals surface area contributed by atoms with Gasteiger partial charge in [-0.25, -0.2) is 8.78 Å². The average molecular weight is 268 g/mol. The van der Waals surface area contributed by atoms with Gasteiger partial charge in [-0.05, 0) is 45.2 Å². The number of carbonyl (C=O) groups excluding carboxylic acids is 1. The molecule has 19 heavy (non-hydrogen) atoms. The molecule has 1 aliphatic heterocycles. The third kappa shape index (κ3) is 2.55. The molecule has 1 aliphatic rings. The maximum Gasteiger partial charge on any atom is 0.254 e. The van der Waals surface area contributed by atoms with E-state index in [0.717, 1.165) is 31.4 Å². The van der Waals surface area contributed by atoms with E-state index < -0.39 is 17.3 Å². The van der Waals surface area contributed by atoms with Gasteiger partial charge in [0, 0.05) is 17.6 Å². The molecule has 3 nitrogen and oxygen atoms in total. The van der Waals surface area contributed by atoms with Crippen LogP contribution in [0.2, 0.25) is 0 Å². The third-order valence-corrected chi connectivity index (χ3v) is 3.75. The molecule has 2 N–H and O–H groups in total. The topological polar surface area (TPSA) is 46.3 Å². The van der Waals surface area contributed by atoms with Crippen LogP contribution in [0.4, 0.5) is 14.5 Å². The van der Waals surface area contributed by atoms with Crippen molar-refractivity contribution in [2.24, 2.45) is 0 Å². The van der Waals surface area contributed by atoms with Crippen molar-refractivity contribution in [3.05, 3.63) is 29.3 Å². The molecule has 1 saturated heterocycles. The zero-order valence-corrected chi connectivity index (χ0v) is 11.1. The van der Waals surface area contributed by atoms with Gasteiger partial charge in [-0.2, -0.15) is 0 Å². The first-order valence-electron chi connectivity index (χ1n) is 6.49. The van der Waals surface area contributed by atoms with Crippen LogP contribution in [0.15, 0.2) is 12.1 Å². The Kier molecular flexibility index (Phi) is 3.73. The molecule has 1 fully saturated rings. The number of benzene rings is 1. The van der Waals surface area contributed by atoms with Gasteiger partial charge >= 0.3 is 0 Å². The van der Waals surface area contributed by atoms with Gasteiger partial charge in [0.05, 0.1) is 0 Å². The maximum atomic E-state index is 13.4. The number of nitrogen functional groups attached to an aromatic ring is 1. The van der Waals surface area contributed by atoms with Crippen LogP contribution in [0.3, 0.4) is 0 Å². The standard InChI is InChI=1S/C14H18F2N2O/c1-8-4-3-5-9(2)18(8)14(19)10-6-11(15)13(17)12(16)7-10/h6-9H,3-5,17H2,1-2H3/t8-,9+. The summed E-state index contributed by atoms with van der Waals surface area (Å²) in [6.45, 7) is 3.91. The van der Waals surface area contributed by atoms with Gasteiger partial charge in [0.1, 0.15) is 17.3 Å². The highest BCUT2D eigenvalue weighted by Gasteiger charge is 2.30. The molecule has 0 radical (unpaired) electrons. The number of anilines is 1. The first-order valence-corrected chi connectivity index (χ1v) is 6.49. The number of hydrogen-bond donors (Lipinski definition) is 1. The second-order valence-corrected chi connectivity index (χ2v) is 5.19. The Hall–Kier alpha value is -1.65. The zero-order chi connectivity index (χ0) is 14.2. The Morgan fingerprint density at radius 2 is 1.68 bits per heavy atom. The molecular formula is C14H18F2N2O. The monoisotopic (exact) mass is 268 g/mol. The minimum Gasteiger partial charge on any atom is -0.394 e. The normalized spacial score (nSPS) is 23.5. The minimum atomic E-state index is -0.888. The average Bonchev–Trinajstić information content (AvgIpc) is 2.35. The fourth-order valence-electron chi connectivity index (χ4n) is 2.68. The van der Waals surface area contributed by atoms with E-state index >= 15 is 0 Å². The van der Waals surface area contributed by atoms with Gasteiger partial charge in [0.25, 0.3) is 5.91 Å². The predicted octanol–water partition coefficient (Wildman–Crippen LogP) is 2.95. The number of hydrogen-bond acceptors (Lipinski definition) is 2. The summed E-state index contributed by atoms with van der Waals surface area (Å²) < 4.78 is 26.9. The molecular weight excluding hydrogens is 250 g/mol. The number of rotatable bonds is 1. The lowest BCUT2D eigenvalue weighted by Crippen LogP contribution is -2.47. The molecule has 104 valence electrons. The highest BCUT2D eigenvalue weighted by atomic mass is 19.1. The van der Waals surface area contributed by atoms with Crippen LogP contribution < -0.4 is 5.73 Å². The van der Waals surface area contributed by atoms with Gasteiger partial charge in [-0.3, -0.25) is 4.79 Å². The summed E-state index contributed by atoms with van der Waals surface area (Å²) in [6.07, 6.45) is 2.89. The van der Waals surface area contributed by atoms with Gasteiger partial charge in [0.15, 0.2) is 0 Å².